The predicted octanol–water partition coefficient (Wildman–Crippen LogP) is 4.63. The van der Waals surface area contributed by atoms with Gasteiger partial charge in [-0.15, -0.1) is 11.3 Å². The molecule has 6 heteroatoms. The summed E-state index contributed by atoms with van der Waals surface area (Å²) in [5.41, 5.74) is 0.961. The van der Waals surface area contributed by atoms with E-state index in [-0.39, 0.29) is 5.91 Å². The summed E-state index contributed by atoms with van der Waals surface area (Å²) in [6.45, 7) is 0. The van der Waals surface area contributed by atoms with Crippen LogP contribution in [0.2, 0.25) is 5.02 Å². The van der Waals surface area contributed by atoms with Gasteiger partial charge in [0.1, 0.15) is 11.5 Å². The third kappa shape index (κ3) is 3.75. The van der Waals surface area contributed by atoms with Crippen molar-refractivity contribution in [3.05, 3.63) is 58.8 Å². The highest BCUT2D eigenvalue weighted by Crippen LogP contribution is 2.24. The zero-order valence-electron chi connectivity index (χ0n) is 11.6. The van der Waals surface area contributed by atoms with Gasteiger partial charge in [0.15, 0.2) is 5.13 Å². The van der Waals surface area contributed by atoms with Crippen LogP contribution in [0.15, 0.2) is 52.4 Å². The van der Waals surface area contributed by atoms with E-state index in [4.69, 9.17) is 16.0 Å². The summed E-state index contributed by atoms with van der Waals surface area (Å²) < 4.78 is 5.76. The lowest BCUT2D eigenvalue weighted by atomic mass is 10.2. The van der Waals surface area contributed by atoms with Crippen LogP contribution in [0, 0.1) is 0 Å². The number of hydrogen-bond acceptors (Lipinski definition) is 4. The van der Waals surface area contributed by atoms with Crippen LogP contribution in [0.5, 0.6) is 0 Å². The van der Waals surface area contributed by atoms with Crippen molar-refractivity contribution in [2.75, 3.05) is 5.32 Å². The van der Waals surface area contributed by atoms with Crippen LogP contribution in [-0.2, 0) is 11.2 Å². The standard InChI is InChI=1S/C16H13ClN2O2S/c17-12-3-1-11(2-4-12)14-7-5-13(21-14)6-8-15(20)19-16-18-9-10-22-16/h1-5,7,9-10H,6,8H2,(H,18,19,20). The molecule has 0 atom stereocenters. The molecule has 3 aromatic rings. The highest BCUT2D eigenvalue weighted by molar-refractivity contribution is 7.13. The minimum atomic E-state index is -0.0700. The highest BCUT2D eigenvalue weighted by Gasteiger charge is 2.08. The second kappa shape index (κ2) is 6.77. The van der Waals surface area contributed by atoms with E-state index in [0.717, 1.165) is 17.1 Å². The molecule has 0 aliphatic rings. The van der Waals surface area contributed by atoms with Crippen molar-refractivity contribution in [3.8, 4) is 11.3 Å². The number of aryl methyl sites for hydroxylation is 1. The summed E-state index contributed by atoms with van der Waals surface area (Å²) in [5.74, 6) is 1.48. The Morgan fingerprint density at radius 1 is 1.23 bits per heavy atom. The number of nitrogens with zero attached hydrogens (tertiary/aromatic N) is 1. The smallest absolute Gasteiger partial charge is 0.226 e. The van der Waals surface area contributed by atoms with E-state index in [9.17, 15) is 4.79 Å². The molecule has 3 rings (SSSR count). The van der Waals surface area contributed by atoms with Gasteiger partial charge in [0, 0.05) is 35.0 Å². The topological polar surface area (TPSA) is 55.1 Å². The number of rotatable bonds is 5. The lowest BCUT2D eigenvalue weighted by molar-refractivity contribution is -0.116. The van der Waals surface area contributed by atoms with E-state index >= 15 is 0 Å². The molecule has 2 heterocycles. The number of furan rings is 1. The van der Waals surface area contributed by atoms with Crippen LogP contribution < -0.4 is 5.32 Å². The van der Waals surface area contributed by atoms with Crippen LogP contribution in [0.25, 0.3) is 11.3 Å². The van der Waals surface area contributed by atoms with Gasteiger partial charge in [0.05, 0.1) is 0 Å². The molecule has 112 valence electrons. The van der Waals surface area contributed by atoms with Crippen LogP contribution >= 0.6 is 22.9 Å². The molecule has 1 N–H and O–H groups in total. The first-order valence-electron chi connectivity index (χ1n) is 6.75. The maximum Gasteiger partial charge on any atom is 0.226 e. The monoisotopic (exact) mass is 332 g/mol. The first-order chi connectivity index (χ1) is 10.7. The van der Waals surface area contributed by atoms with Crippen molar-refractivity contribution < 1.29 is 9.21 Å². The molecule has 0 spiro atoms. The quantitative estimate of drug-likeness (QED) is 0.741. The number of amides is 1. The zero-order valence-corrected chi connectivity index (χ0v) is 13.2. The minimum absolute atomic E-state index is 0.0700. The number of carbonyl (C=O) groups is 1. The predicted molar refractivity (Wildman–Crippen MR) is 88.2 cm³/mol. The minimum Gasteiger partial charge on any atom is -0.461 e. The highest BCUT2D eigenvalue weighted by atomic mass is 35.5. The van der Waals surface area contributed by atoms with Crippen LogP contribution in [0.4, 0.5) is 5.13 Å². The van der Waals surface area contributed by atoms with Gasteiger partial charge in [-0.05, 0) is 36.4 Å². The number of carbonyl (C=O) groups excluding carboxylic acids is 1. The maximum absolute atomic E-state index is 11.8. The van der Waals surface area contributed by atoms with Crippen molar-refractivity contribution in [3.63, 3.8) is 0 Å². The number of halogens is 1. The third-order valence-electron chi connectivity index (χ3n) is 3.07. The largest absolute Gasteiger partial charge is 0.461 e. The molecule has 0 aliphatic carbocycles. The molecule has 2 aromatic heterocycles. The Hall–Kier alpha value is -2.11. The van der Waals surface area contributed by atoms with Crippen LogP contribution in [0.3, 0.4) is 0 Å². The summed E-state index contributed by atoms with van der Waals surface area (Å²) in [6.07, 6.45) is 2.56. The van der Waals surface area contributed by atoms with E-state index in [2.05, 4.69) is 10.3 Å². The lowest BCUT2D eigenvalue weighted by Gasteiger charge is -2.00. The van der Waals surface area contributed by atoms with Crippen LogP contribution in [0.1, 0.15) is 12.2 Å². The van der Waals surface area contributed by atoms with Gasteiger partial charge in [-0.25, -0.2) is 4.98 Å². The van der Waals surface area contributed by atoms with Gasteiger partial charge in [0.2, 0.25) is 5.91 Å². The van der Waals surface area contributed by atoms with Crippen molar-refractivity contribution in [2.45, 2.75) is 12.8 Å². The van der Waals surface area contributed by atoms with E-state index in [1.165, 1.54) is 11.3 Å². The third-order valence-corrected chi connectivity index (χ3v) is 4.01. The summed E-state index contributed by atoms with van der Waals surface area (Å²) in [5, 5.41) is 5.88. The molecule has 0 aliphatic heterocycles. The number of anilines is 1. The Kier molecular flexibility index (Phi) is 4.56. The Balaban J connectivity index is 1.57. The molecule has 0 saturated carbocycles. The van der Waals surface area contributed by atoms with Gasteiger partial charge >= 0.3 is 0 Å². The Morgan fingerprint density at radius 3 is 2.77 bits per heavy atom. The SMILES string of the molecule is O=C(CCc1ccc(-c2ccc(Cl)cc2)o1)Nc1nccs1. The molecule has 4 nitrogen and oxygen atoms in total. The fraction of sp³-hybridized carbons (Fsp3) is 0.125. The molecular weight excluding hydrogens is 320 g/mol. The number of nitrogens with one attached hydrogen (secondary N) is 1. The average Bonchev–Trinajstić information content (AvgIpc) is 3.17. The molecule has 0 bridgehead atoms. The molecule has 0 fully saturated rings. The van der Waals surface area contributed by atoms with Crippen molar-refractivity contribution >= 4 is 34.0 Å². The second-order valence-electron chi connectivity index (χ2n) is 4.66. The van der Waals surface area contributed by atoms with Crippen molar-refractivity contribution in [1.82, 2.24) is 4.98 Å². The van der Waals surface area contributed by atoms with Crippen molar-refractivity contribution in [1.29, 1.82) is 0 Å². The average molecular weight is 333 g/mol. The van der Waals surface area contributed by atoms with Gasteiger partial charge in [-0.3, -0.25) is 4.79 Å². The fourth-order valence-electron chi connectivity index (χ4n) is 1.99. The Bertz CT molecular complexity index is 751. The first kappa shape index (κ1) is 14.8. The molecule has 1 amide bonds. The van der Waals surface area contributed by atoms with E-state index in [1.807, 2.05) is 41.8 Å². The fourth-order valence-corrected chi connectivity index (χ4v) is 2.66. The first-order valence-corrected chi connectivity index (χ1v) is 8.00. The Labute approximate surface area is 136 Å². The van der Waals surface area contributed by atoms with E-state index < -0.39 is 0 Å². The molecule has 22 heavy (non-hydrogen) atoms. The number of thiazole rings is 1. The normalized spacial score (nSPS) is 10.6. The number of benzene rings is 1. The summed E-state index contributed by atoms with van der Waals surface area (Å²) >= 11 is 7.27. The summed E-state index contributed by atoms with van der Waals surface area (Å²) in [7, 11) is 0. The zero-order chi connectivity index (χ0) is 15.4. The molecule has 1 aromatic carbocycles. The van der Waals surface area contributed by atoms with Gasteiger partial charge < -0.3 is 9.73 Å². The second-order valence-corrected chi connectivity index (χ2v) is 5.99. The molecule has 0 radical (unpaired) electrons. The van der Waals surface area contributed by atoms with Gasteiger partial charge in [0.25, 0.3) is 0 Å². The van der Waals surface area contributed by atoms with Crippen molar-refractivity contribution in [2.24, 2.45) is 0 Å². The van der Waals surface area contributed by atoms with Gasteiger partial charge in [-0.1, -0.05) is 11.6 Å². The molecular formula is C16H13ClN2O2S. The van der Waals surface area contributed by atoms with Gasteiger partial charge in [-0.2, -0.15) is 0 Å². The number of hydrogen-bond donors (Lipinski definition) is 1. The molecule has 0 saturated heterocycles. The van der Waals surface area contributed by atoms with E-state index in [0.29, 0.717) is 23.0 Å². The van der Waals surface area contributed by atoms with E-state index in [1.54, 1.807) is 6.20 Å². The maximum atomic E-state index is 11.8. The molecule has 0 unspecified atom stereocenters. The lowest BCUT2D eigenvalue weighted by Crippen LogP contribution is -2.11. The number of aromatic nitrogens is 1. The summed E-state index contributed by atoms with van der Waals surface area (Å²) in [6, 6.07) is 11.2. The summed E-state index contributed by atoms with van der Waals surface area (Å²) in [4.78, 5) is 15.8. The Morgan fingerprint density at radius 2 is 2.05 bits per heavy atom. The van der Waals surface area contributed by atoms with Crippen LogP contribution in [-0.4, -0.2) is 10.9 Å².